The lowest BCUT2D eigenvalue weighted by atomic mass is 10.0. The summed E-state index contributed by atoms with van der Waals surface area (Å²) in [6.07, 6.45) is 1.95. The Morgan fingerprint density at radius 1 is 1.39 bits per heavy atom. The van der Waals surface area contributed by atoms with E-state index in [0.717, 1.165) is 48.2 Å². The van der Waals surface area contributed by atoms with Crippen molar-refractivity contribution in [2.75, 3.05) is 13.1 Å². The van der Waals surface area contributed by atoms with Crippen LogP contribution in [0.3, 0.4) is 0 Å². The largest absolute Gasteiger partial charge is 0.353 e. The van der Waals surface area contributed by atoms with Gasteiger partial charge in [-0.25, -0.2) is 10.4 Å². The average Bonchev–Trinajstić information content (AvgIpc) is 3.00. The third kappa shape index (κ3) is 1.97. The number of guanidine groups is 1. The molecule has 0 unspecified atom stereocenters. The number of rotatable bonds is 1. The number of benzene rings is 1. The van der Waals surface area contributed by atoms with Crippen molar-refractivity contribution in [2.24, 2.45) is 10.1 Å². The van der Waals surface area contributed by atoms with Crippen molar-refractivity contribution in [3.63, 3.8) is 0 Å². The molecule has 0 saturated carbocycles. The summed E-state index contributed by atoms with van der Waals surface area (Å²) >= 11 is 6.28. The molecular weight excluding hydrogens is 248 g/mol. The molecule has 2 N–H and O–H groups in total. The molecule has 18 heavy (non-hydrogen) atoms. The number of nitrogens with one attached hydrogen (secondary N) is 2. The van der Waals surface area contributed by atoms with Gasteiger partial charge in [0.2, 0.25) is 5.96 Å². The van der Waals surface area contributed by atoms with Gasteiger partial charge in [-0.2, -0.15) is 5.10 Å². The van der Waals surface area contributed by atoms with E-state index in [4.69, 9.17) is 11.6 Å². The maximum absolute atomic E-state index is 6.28. The Labute approximate surface area is 111 Å². The third-order valence-corrected chi connectivity index (χ3v) is 3.68. The molecule has 0 fully saturated rings. The summed E-state index contributed by atoms with van der Waals surface area (Å²) in [7, 11) is 0. The van der Waals surface area contributed by atoms with Gasteiger partial charge in [0.25, 0.3) is 0 Å². The molecule has 1 aromatic carbocycles. The molecular formula is C13H15ClN4. The Morgan fingerprint density at radius 2 is 2.28 bits per heavy atom. The highest BCUT2D eigenvalue weighted by atomic mass is 35.5. The Kier molecular flexibility index (Phi) is 2.96. The lowest BCUT2D eigenvalue weighted by Gasteiger charge is -2.07. The molecule has 1 aliphatic heterocycles. The van der Waals surface area contributed by atoms with Gasteiger partial charge in [-0.05, 0) is 37.0 Å². The van der Waals surface area contributed by atoms with Crippen LogP contribution in [0, 0.1) is 6.92 Å². The SMILES string of the molecule is Cc1ccc(Cl)c2c1CCC2=NNC1=NCCN1. The van der Waals surface area contributed by atoms with Crippen molar-refractivity contribution >= 4 is 23.3 Å². The molecule has 3 rings (SSSR count). The van der Waals surface area contributed by atoms with Gasteiger partial charge in [0, 0.05) is 17.1 Å². The van der Waals surface area contributed by atoms with Crippen LogP contribution in [0.15, 0.2) is 22.2 Å². The van der Waals surface area contributed by atoms with Crippen LogP contribution in [0.4, 0.5) is 0 Å². The van der Waals surface area contributed by atoms with E-state index in [1.54, 1.807) is 0 Å². The van der Waals surface area contributed by atoms with E-state index >= 15 is 0 Å². The lowest BCUT2D eigenvalue weighted by molar-refractivity contribution is 0.913. The first-order valence-corrected chi connectivity index (χ1v) is 6.53. The molecule has 2 aliphatic rings. The lowest BCUT2D eigenvalue weighted by Crippen LogP contribution is -2.30. The highest BCUT2D eigenvalue weighted by molar-refractivity contribution is 6.35. The fourth-order valence-corrected chi connectivity index (χ4v) is 2.72. The van der Waals surface area contributed by atoms with Crippen LogP contribution in [0.2, 0.25) is 5.02 Å². The van der Waals surface area contributed by atoms with Crippen molar-refractivity contribution in [3.8, 4) is 0 Å². The number of nitrogens with zero attached hydrogens (tertiary/aromatic N) is 2. The molecule has 0 bridgehead atoms. The van der Waals surface area contributed by atoms with Crippen LogP contribution in [0.25, 0.3) is 0 Å². The number of aliphatic imine (C=N–C) groups is 1. The van der Waals surface area contributed by atoms with Crippen LogP contribution in [-0.4, -0.2) is 24.8 Å². The van der Waals surface area contributed by atoms with Gasteiger partial charge >= 0.3 is 0 Å². The fraction of sp³-hybridized carbons (Fsp3) is 0.385. The second kappa shape index (κ2) is 4.61. The molecule has 1 aliphatic carbocycles. The zero-order valence-electron chi connectivity index (χ0n) is 10.3. The van der Waals surface area contributed by atoms with Crippen molar-refractivity contribution in [1.82, 2.24) is 10.7 Å². The standard InChI is InChI=1S/C13H15ClN4/c1-8-2-4-10(14)12-9(8)3-5-11(12)17-18-13-15-6-7-16-13/h2,4H,3,5-7H2,1H3,(H2,15,16,18). The molecule has 0 radical (unpaired) electrons. The molecule has 4 nitrogen and oxygen atoms in total. The number of halogens is 1. The van der Waals surface area contributed by atoms with Crippen molar-refractivity contribution in [1.29, 1.82) is 0 Å². The quantitative estimate of drug-likeness (QED) is 0.759. The minimum absolute atomic E-state index is 0.750. The van der Waals surface area contributed by atoms with Gasteiger partial charge < -0.3 is 5.32 Å². The van der Waals surface area contributed by atoms with Crippen molar-refractivity contribution in [2.45, 2.75) is 19.8 Å². The first-order chi connectivity index (χ1) is 8.75. The average molecular weight is 263 g/mol. The Morgan fingerprint density at radius 3 is 3.06 bits per heavy atom. The molecule has 1 heterocycles. The van der Waals surface area contributed by atoms with Crippen molar-refractivity contribution < 1.29 is 0 Å². The van der Waals surface area contributed by atoms with Crippen LogP contribution in [-0.2, 0) is 6.42 Å². The Hall–Kier alpha value is -1.55. The van der Waals surface area contributed by atoms with Crippen LogP contribution in [0.5, 0.6) is 0 Å². The molecule has 5 heteroatoms. The summed E-state index contributed by atoms with van der Waals surface area (Å²) in [6.45, 7) is 3.81. The summed E-state index contributed by atoms with van der Waals surface area (Å²) in [4.78, 5) is 4.25. The number of fused-ring (bicyclic) bond motifs is 1. The number of hydrogen-bond donors (Lipinski definition) is 2. The second-order valence-corrected chi connectivity index (χ2v) is 4.95. The molecule has 0 atom stereocenters. The Bertz CT molecular complexity index is 548. The predicted molar refractivity (Wildman–Crippen MR) is 74.5 cm³/mol. The molecule has 0 aromatic heterocycles. The number of hydrazone groups is 1. The van der Waals surface area contributed by atoms with E-state index in [1.807, 2.05) is 6.07 Å². The summed E-state index contributed by atoms with van der Waals surface area (Å²) in [5.41, 5.74) is 7.71. The summed E-state index contributed by atoms with van der Waals surface area (Å²) in [5, 5.41) is 8.35. The monoisotopic (exact) mass is 262 g/mol. The molecule has 94 valence electrons. The fourth-order valence-electron chi connectivity index (χ4n) is 2.43. The van der Waals surface area contributed by atoms with Gasteiger partial charge in [-0.1, -0.05) is 17.7 Å². The maximum Gasteiger partial charge on any atom is 0.212 e. The van der Waals surface area contributed by atoms with Crippen molar-refractivity contribution in [3.05, 3.63) is 33.8 Å². The van der Waals surface area contributed by atoms with E-state index in [9.17, 15) is 0 Å². The zero-order valence-corrected chi connectivity index (χ0v) is 11.0. The highest BCUT2D eigenvalue weighted by Gasteiger charge is 2.22. The van der Waals surface area contributed by atoms with E-state index in [2.05, 4.69) is 33.8 Å². The van der Waals surface area contributed by atoms with Gasteiger partial charge in [0.05, 0.1) is 12.3 Å². The van der Waals surface area contributed by atoms with Crippen LogP contribution < -0.4 is 10.7 Å². The molecule has 0 saturated heterocycles. The predicted octanol–water partition coefficient (Wildman–Crippen LogP) is 1.85. The third-order valence-electron chi connectivity index (χ3n) is 3.37. The van der Waals surface area contributed by atoms with E-state index in [1.165, 1.54) is 11.1 Å². The van der Waals surface area contributed by atoms with Gasteiger partial charge in [0.1, 0.15) is 0 Å². The molecule has 1 aromatic rings. The molecule has 0 spiro atoms. The minimum atomic E-state index is 0.750. The van der Waals surface area contributed by atoms with Gasteiger partial charge in [-0.3, -0.25) is 0 Å². The number of aryl methyl sites for hydroxylation is 1. The smallest absolute Gasteiger partial charge is 0.212 e. The minimum Gasteiger partial charge on any atom is -0.353 e. The second-order valence-electron chi connectivity index (χ2n) is 4.55. The normalized spacial score (nSPS) is 19.7. The first-order valence-electron chi connectivity index (χ1n) is 6.15. The van der Waals surface area contributed by atoms with Crippen LogP contribution >= 0.6 is 11.6 Å². The first kappa shape index (κ1) is 11.5. The summed E-state index contributed by atoms with van der Waals surface area (Å²) in [6, 6.07) is 4.02. The summed E-state index contributed by atoms with van der Waals surface area (Å²) < 4.78 is 0. The van der Waals surface area contributed by atoms with E-state index < -0.39 is 0 Å². The maximum atomic E-state index is 6.28. The summed E-state index contributed by atoms with van der Waals surface area (Å²) in [5.74, 6) is 0.750. The number of hydrogen-bond acceptors (Lipinski definition) is 4. The van der Waals surface area contributed by atoms with Gasteiger partial charge in [0.15, 0.2) is 0 Å². The van der Waals surface area contributed by atoms with E-state index in [-0.39, 0.29) is 0 Å². The highest BCUT2D eigenvalue weighted by Crippen LogP contribution is 2.31. The zero-order chi connectivity index (χ0) is 12.5. The van der Waals surface area contributed by atoms with E-state index in [0.29, 0.717) is 0 Å². The van der Waals surface area contributed by atoms with Crippen LogP contribution in [0.1, 0.15) is 23.1 Å². The molecule has 0 amide bonds. The topological polar surface area (TPSA) is 48.8 Å². The Balaban J connectivity index is 1.89. The van der Waals surface area contributed by atoms with Gasteiger partial charge in [-0.15, -0.1) is 0 Å².